The molecule has 9 nitrogen and oxygen atoms in total. The molecule has 1 aromatic heterocycles. The first-order valence-corrected chi connectivity index (χ1v) is 10.5. The van der Waals surface area contributed by atoms with Crippen LogP contribution < -0.4 is 4.18 Å². The van der Waals surface area contributed by atoms with Crippen LogP contribution in [0.2, 0.25) is 0 Å². The van der Waals surface area contributed by atoms with E-state index < -0.39 is 50.8 Å². The van der Waals surface area contributed by atoms with Gasteiger partial charge in [0.1, 0.15) is 22.9 Å². The van der Waals surface area contributed by atoms with Crippen molar-refractivity contribution in [2.75, 3.05) is 6.54 Å². The van der Waals surface area contributed by atoms with E-state index in [2.05, 4.69) is 0 Å². The second-order valence-corrected chi connectivity index (χ2v) is 8.22. The summed E-state index contributed by atoms with van der Waals surface area (Å²) in [5.74, 6) is -1.06. The number of nitro benzene ring substituents is 1. The van der Waals surface area contributed by atoms with Gasteiger partial charge in [-0.2, -0.15) is 21.6 Å². The van der Waals surface area contributed by atoms with Crippen LogP contribution in [0.15, 0.2) is 76.2 Å². The molecule has 0 aliphatic rings. The van der Waals surface area contributed by atoms with Gasteiger partial charge in [0.25, 0.3) is 11.6 Å². The van der Waals surface area contributed by atoms with E-state index in [9.17, 15) is 36.5 Å². The van der Waals surface area contributed by atoms with Crippen LogP contribution in [0.5, 0.6) is 5.75 Å². The van der Waals surface area contributed by atoms with Crippen molar-refractivity contribution >= 4 is 21.7 Å². The van der Waals surface area contributed by atoms with Crippen LogP contribution in [-0.2, 0) is 16.7 Å². The van der Waals surface area contributed by atoms with Gasteiger partial charge in [-0.05, 0) is 42.5 Å². The Labute approximate surface area is 185 Å². The number of hydrogen-bond donors (Lipinski definition) is 0. The van der Waals surface area contributed by atoms with Crippen LogP contribution in [-0.4, -0.2) is 36.9 Å². The summed E-state index contributed by atoms with van der Waals surface area (Å²) in [5.41, 5.74) is -0.604. The first-order chi connectivity index (χ1) is 15.4. The Kier molecular flexibility index (Phi) is 6.72. The number of carbonyl (C=O) groups is 1. The maximum atomic E-state index is 12.9. The lowest BCUT2D eigenvalue weighted by atomic mass is 10.2. The van der Waals surface area contributed by atoms with E-state index in [1.807, 2.05) is 0 Å². The van der Waals surface area contributed by atoms with E-state index >= 15 is 0 Å². The molecule has 1 amide bonds. The fourth-order valence-corrected chi connectivity index (χ4v) is 3.74. The minimum atomic E-state index is -4.66. The molecule has 174 valence electrons. The molecule has 0 aliphatic heterocycles. The molecule has 0 spiro atoms. The second kappa shape index (κ2) is 9.32. The van der Waals surface area contributed by atoms with Gasteiger partial charge in [0.2, 0.25) is 0 Å². The highest BCUT2D eigenvalue weighted by Crippen LogP contribution is 2.24. The molecule has 2 aromatic carbocycles. The number of non-ortho nitro benzene ring substituents is 1. The molecule has 0 atom stereocenters. The van der Waals surface area contributed by atoms with Crippen molar-refractivity contribution in [1.82, 2.24) is 4.90 Å². The molecule has 13 heteroatoms. The predicted octanol–water partition coefficient (Wildman–Crippen LogP) is 4.16. The zero-order valence-electron chi connectivity index (χ0n) is 16.6. The van der Waals surface area contributed by atoms with Crippen LogP contribution in [0.1, 0.15) is 16.1 Å². The molecule has 0 saturated carbocycles. The fraction of sp³-hybridized carbons (Fsp3) is 0.150. The topological polar surface area (TPSA) is 120 Å². The molecular weight excluding hydrogens is 469 g/mol. The highest BCUT2D eigenvalue weighted by molar-refractivity contribution is 7.87. The highest BCUT2D eigenvalue weighted by atomic mass is 32.2. The Balaban J connectivity index is 1.78. The zero-order valence-corrected chi connectivity index (χ0v) is 17.4. The molecule has 33 heavy (non-hydrogen) atoms. The van der Waals surface area contributed by atoms with Crippen molar-refractivity contribution in [3.63, 3.8) is 0 Å². The lowest BCUT2D eigenvalue weighted by molar-refractivity contribution is -0.385. The van der Waals surface area contributed by atoms with Crippen LogP contribution in [0, 0.1) is 10.1 Å². The van der Waals surface area contributed by atoms with Gasteiger partial charge in [-0.15, -0.1) is 0 Å². The number of alkyl halides is 3. The smallest absolute Gasteiger partial charge is 0.406 e. The van der Waals surface area contributed by atoms with Gasteiger partial charge in [-0.1, -0.05) is 6.07 Å². The van der Waals surface area contributed by atoms with Crippen molar-refractivity contribution in [2.45, 2.75) is 17.6 Å². The molecule has 0 saturated heterocycles. The summed E-state index contributed by atoms with van der Waals surface area (Å²) in [5, 5.41) is 10.8. The van der Waals surface area contributed by atoms with Crippen LogP contribution in [0.3, 0.4) is 0 Å². The summed E-state index contributed by atoms with van der Waals surface area (Å²) < 4.78 is 73.5. The van der Waals surface area contributed by atoms with E-state index in [-0.39, 0.29) is 17.1 Å². The molecule has 0 unspecified atom stereocenters. The van der Waals surface area contributed by atoms with Crippen molar-refractivity contribution in [3.05, 3.63) is 88.4 Å². The lowest BCUT2D eigenvalue weighted by Gasteiger charge is -2.23. The summed E-state index contributed by atoms with van der Waals surface area (Å²) in [4.78, 5) is 22.8. The van der Waals surface area contributed by atoms with Gasteiger partial charge in [-0.3, -0.25) is 14.9 Å². The largest absolute Gasteiger partial charge is 0.467 e. The molecular formula is C20H15F3N2O7S. The van der Waals surface area contributed by atoms with Gasteiger partial charge in [0, 0.05) is 17.7 Å². The fourth-order valence-electron chi connectivity index (χ4n) is 2.77. The van der Waals surface area contributed by atoms with Crippen molar-refractivity contribution in [1.29, 1.82) is 0 Å². The maximum absolute atomic E-state index is 12.9. The predicted molar refractivity (Wildman–Crippen MR) is 107 cm³/mol. The monoisotopic (exact) mass is 484 g/mol. The summed E-state index contributed by atoms with van der Waals surface area (Å²) >= 11 is 0. The Hall–Kier alpha value is -3.87. The van der Waals surface area contributed by atoms with Crippen molar-refractivity contribution < 1.29 is 39.9 Å². The second-order valence-electron chi connectivity index (χ2n) is 6.67. The third-order valence-electron chi connectivity index (χ3n) is 4.21. The van der Waals surface area contributed by atoms with Crippen LogP contribution in [0.4, 0.5) is 18.9 Å². The number of hydrogen-bond acceptors (Lipinski definition) is 7. The first-order valence-electron chi connectivity index (χ1n) is 9.12. The lowest BCUT2D eigenvalue weighted by Crippen LogP contribution is -2.38. The summed E-state index contributed by atoms with van der Waals surface area (Å²) in [6.07, 6.45) is -3.39. The van der Waals surface area contributed by atoms with Gasteiger partial charge in [0.05, 0.1) is 17.7 Å². The number of furan rings is 1. The number of nitro groups is 1. The molecule has 0 radical (unpaired) electrons. The van der Waals surface area contributed by atoms with E-state index in [0.29, 0.717) is 4.90 Å². The van der Waals surface area contributed by atoms with Crippen molar-refractivity contribution in [3.8, 4) is 5.75 Å². The van der Waals surface area contributed by atoms with Crippen molar-refractivity contribution in [2.24, 2.45) is 0 Å². The number of halogens is 3. The first kappa shape index (κ1) is 23.8. The Morgan fingerprint density at radius 2 is 1.79 bits per heavy atom. The average molecular weight is 484 g/mol. The third kappa shape index (κ3) is 6.32. The van der Waals surface area contributed by atoms with Gasteiger partial charge >= 0.3 is 16.3 Å². The van der Waals surface area contributed by atoms with Gasteiger partial charge < -0.3 is 13.5 Å². The Morgan fingerprint density at radius 3 is 2.36 bits per heavy atom. The molecule has 1 heterocycles. The molecule has 0 N–H and O–H groups in total. The molecule has 0 bridgehead atoms. The van der Waals surface area contributed by atoms with E-state index in [4.69, 9.17) is 8.60 Å². The minimum absolute atomic E-state index is 0.147. The normalized spacial score (nSPS) is 11.7. The van der Waals surface area contributed by atoms with E-state index in [1.54, 1.807) is 0 Å². The number of nitrogens with zero attached hydrogens (tertiary/aromatic N) is 2. The van der Waals surface area contributed by atoms with Gasteiger partial charge in [-0.25, -0.2) is 0 Å². The number of benzene rings is 2. The van der Waals surface area contributed by atoms with Crippen LogP contribution in [0.25, 0.3) is 0 Å². The number of carbonyl (C=O) groups excluding carboxylic acids is 1. The highest BCUT2D eigenvalue weighted by Gasteiger charge is 2.34. The Bertz CT molecular complexity index is 1240. The Morgan fingerprint density at radius 1 is 1.09 bits per heavy atom. The SMILES string of the molecule is O=C(c1ccc(OS(=O)(=O)c2cccc([N+](=O)[O-])c2)cc1)N(Cc1ccco1)CC(F)(F)F. The zero-order chi connectivity index (χ0) is 24.2. The summed E-state index contributed by atoms with van der Waals surface area (Å²) in [7, 11) is -4.44. The molecule has 3 aromatic rings. The average Bonchev–Trinajstić information content (AvgIpc) is 3.25. The van der Waals surface area contributed by atoms with Crippen LogP contribution >= 0.6 is 0 Å². The minimum Gasteiger partial charge on any atom is -0.467 e. The molecule has 3 rings (SSSR count). The van der Waals surface area contributed by atoms with E-state index in [0.717, 1.165) is 42.5 Å². The molecule has 0 fully saturated rings. The summed E-state index contributed by atoms with van der Waals surface area (Å²) in [6, 6.07) is 11.5. The summed E-state index contributed by atoms with van der Waals surface area (Å²) in [6.45, 7) is -1.95. The molecule has 0 aliphatic carbocycles. The number of amides is 1. The maximum Gasteiger partial charge on any atom is 0.406 e. The van der Waals surface area contributed by atoms with Gasteiger partial charge in [0.15, 0.2) is 0 Å². The standard InChI is InChI=1S/C20H15F3N2O7S/c21-20(22,23)13-24(12-17-4-2-10-31-17)19(26)14-6-8-16(9-7-14)32-33(29,30)18-5-1-3-15(11-18)25(27)28/h1-11H,12-13H2. The number of rotatable bonds is 8. The van der Waals surface area contributed by atoms with E-state index in [1.165, 1.54) is 24.5 Å². The third-order valence-corrected chi connectivity index (χ3v) is 5.45. The quantitative estimate of drug-likeness (QED) is 0.267.